The van der Waals surface area contributed by atoms with Crippen molar-refractivity contribution in [2.75, 3.05) is 20.1 Å². The standard InChI is InChI=1S/C21H29N5O2/c1-15(2)14-23-20(27)19-24-18(17-6-4-5-12-26(17)19)21(28)25(3)13-9-16-7-10-22-11-8-16/h7-8,10-11,15H,4-6,9,12-14H2,1-3H3,(H,23,27). The van der Waals surface area contributed by atoms with Crippen molar-refractivity contribution in [3.63, 3.8) is 0 Å². The molecule has 150 valence electrons. The summed E-state index contributed by atoms with van der Waals surface area (Å²) in [6.07, 6.45) is 7.06. The second-order valence-electron chi connectivity index (χ2n) is 7.78. The molecule has 0 spiro atoms. The zero-order valence-corrected chi connectivity index (χ0v) is 16.9. The summed E-state index contributed by atoms with van der Waals surface area (Å²) in [6, 6.07) is 3.90. The smallest absolute Gasteiger partial charge is 0.287 e. The lowest BCUT2D eigenvalue weighted by atomic mass is 10.1. The molecule has 1 aliphatic heterocycles. The number of aromatic nitrogens is 3. The maximum Gasteiger partial charge on any atom is 0.287 e. The Morgan fingerprint density at radius 2 is 2.00 bits per heavy atom. The molecule has 0 fully saturated rings. The van der Waals surface area contributed by atoms with Crippen LogP contribution < -0.4 is 5.32 Å². The Morgan fingerprint density at radius 1 is 1.25 bits per heavy atom. The number of hydrogen-bond donors (Lipinski definition) is 1. The normalized spacial score (nSPS) is 13.3. The molecular formula is C21H29N5O2. The Kier molecular flexibility index (Phi) is 6.44. The number of nitrogens with one attached hydrogen (secondary N) is 1. The average molecular weight is 383 g/mol. The third-order valence-corrected chi connectivity index (χ3v) is 5.03. The number of carbonyl (C=O) groups is 2. The van der Waals surface area contributed by atoms with E-state index in [1.165, 1.54) is 0 Å². The van der Waals surface area contributed by atoms with Gasteiger partial charge in [-0.25, -0.2) is 4.98 Å². The first kappa shape index (κ1) is 20.0. The lowest BCUT2D eigenvalue weighted by Gasteiger charge is -2.19. The molecule has 2 aromatic heterocycles. The number of likely N-dealkylation sites (N-methyl/N-ethyl adjacent to an activating group) is 1. The molecule has 1 N–H and O–H groups in total. The van der Waals surface area contributed by atoms with Crippen LogP contribution in [0.25, 0.3) is 0 Å². The summed E-state index contributed by atoms with van der Waals surface area (Å²) in [7, 11) is 1.79. The molecule has 0 saturated heterocycles. The van der Waals surface area contributed by atoms with E-state index in [9.17, 15) is 9.59 Å². The molecule has 0 saturated carbocycles. The second kappa shape index (κ2) is 8.99. The van der Waals surface area contributed by atoms with Crippen LogP contribution in [-0.2, 0) is 19.4 Å². The Balaban J connectivity index is 1.76. The molecule has 1 aliphatic rings. The van der Waals surface area contributed by atoms with Gasteiger partial charge >= 0.3 is 0 Å². The minimum absolute atomic E-state index is 0.123. The number of fused-ring (bicyclic) bond motifs is 1. The maximum absolute atomic E-state index is 13.0. The molecule has 0 atom stereocenters. The molecule has 2 aromatic rings. The van der Waals surface area contributed by atoms with Gasteiger partial charge in [-0.2, -0.15) is 0 Å². The van der Waals surface area contributed by atoms with Crippen LogP contribution in [0.15, 0.2) is 24.5 Å². The van der Waals surface area contributed by atoms with Crippen LogP contribution in [0.2, 0.25) is 0 Å². The van der Waals surface area contributed by atoms with Crippen LogP contribution in [0, 0.1) is 5.92 Å². The van der Waals surface area contributed by atoms with E-state index >= 15 is 0 Å². The Bertz CT molecular complexity index is 829. The second-order valence-corrected chi connectivity index (χ2v) is 7.78. The highest BCUT2D eigenvalue weighted by Crippen LogP contribution is 2.22. The van der Waals surface area contributed by atoms with E-state index in [1.807, 2.05) is 30.5 Å². The monoisotopic (exact) mass is 383 g/mol. The van der Waals surface area contributed by atoms with Crippen LogP contribution in [0.1, 0.15) is 59.1 Å². The number of pyridine rings is 1. The van der Waals surface area contributed by atoms with Crippen molar-refractivity contribution < 1.29 is 9.59 Å². The van der Waals surface area contributed by atoms with Crippen LogP contribution in [0.4, 0.5) is 0 Å². The van der Waals surface area contributed by atoms with Crippen molar-refractivity contribution in [2.45, 2.75) is 46.1 Å². The van der Waals surface area contributed by atoms with Crippen LogP contribution in [-0.4, -0.2) is 51.4 Å². The van der Waals surface area contributed by atoms with E-state index in [0.29, 0.717) is 30.5 Å². The van der Waals surface area contributed by atoms with Crippen LogP contribution in [0.5, 0.6) is 0 Å². The first-order chi connectivity index (χ1) is 13.5. The van der Waals surface area contributed by atoms with Crippen LogP contribution in [0.3, 0.4) is 0 Å². The minimum Gasteiger partial charge on any atom is -0.349 e. The maximum atomic E-state index is 13.0. The molecule has 0 unspecified atom stereocenters. The molecule has 0 radical (unpaired) electrons. The SMILES string of the molecule is CC(C)CNC(=O)c1nc(C(=O)N(C)CCc2ccncc2)c2n1CCCC2. The Labute approximate surface area is 166 Å². The third kappa shape index (κ3) is 4.58. The van der Waals surface area contributed by atoms with E-state index in [4.69, 9.17) is 0 Å². The highest BCUT2D eigenvalue weighted by Gasteiger charge is 2.28. The first-order valence-corrected chi connectivity index (χ1v) is 9.99. The Morgan fingerprint density at radius 3 is 2.71 bits per heavy atom. The summed E-state index contributed by atoms with van der Waals surface area (Å²) in [5, 5.41) is 2.92. The number of carbonyl (C=O) groups excluding carboxylic acids is 2. The van der Waals surface area contributed by atoms with Gasteiger partial charge in [0.05, 0.1) is 5.69 Å². The molecule has 0 aliphatic carbocycles. The van der Waals surface area contributed by atoms with Gasteiger partial charge < -0.3 is 14.8 Å². The summed E-state index contributed by atoms with van der Waals surface area (Å²) in [4.78, 5) is 35.9. The molecule has 7 heteroatoms. The van der Waals surface area contributed by atoms with Gasteiger partial charge in [0.15, 0.2) is 5.82 Å². The van der Waals surface area contributed by atoms with Gasteiger partial charge in [0, 0.05) is 39.1 Å². The Hall–Kier alpha value is -2.70. The van der Waals surface area contributed by atoms with E-state index in [0.717, 1.165) is 43.5 Å². The number of imidazole rings is 1. The quantitative estimate of drug-likeness (QED) is 0.796. The molecule has 0 bridgehead atoms. The molecule has 3 rings (SSSR count). The van der Waals surface area contributed by atoms with Crippen LogP contribution >= 0.6 is 0 Å². The molecular weight excluding hydrogens is 354 g/mol. The predicted molar refractivity (Wildman–Crippen MR) is 107 cm³/mol. The van der Waals surface area contributed by atoms with Gasteiger partial charge in [0.1, 0.15) is 5.69 Å². The van der Waals surface area contributed by atoms with Gasteiger partial charge in [0.2, 0.25) is 0 Å². The first-order valence-electron chi connectivity index (χ1n) is 9.99. The number of rotatable bonds is 7. The van der Waals surface area contributed by atoms with Gasteiger partial charge in [-0.15, -0.1) is 0 Å². The van der Waals surface area contributed by atoms with Crippen molar-refractivity contribution in [1.82, 2.24) is 24.8 Å². The summed E-state index contributed by atoms with van der Waals surface area (Å²) < 4.78 is 1.93. The number of amides is 2. The van der Waals surface area contributed by atoms with E-state index in [2.05, 4.69) is 15.3 Å². The molecule has 28 heavy (non-hydrogen) atoms. The van der Waals surface area contributed by atoms with Crippen molar-refractivity contribution in [3.05, 3.63) is 47.3 Å². The largest absolute Gasteiger partial charge is 0.349 e. The zero-order valence-electron chi connectivity index (χ0n) is 16.9. The van der Waals surface area contributed by atoms with E-state index < -0.39 is 0 Å². The highest BCUT2D eigenvalue weighted by molar-refractivity contribution is 5.97. The van der Waals surface area contributed by atoms with Gasteiger partial charge in [-0.1, -0.05) is 13.8 Å². The molecule has 3 heterocycles. The van der Waals surface area contributed by atoms with Gasteiger partial charge in [0.25, 0.3) is 11.8 Å². The van der Waals surface area contributed by atoms with Crippen molar-refractivity contribution >= 4 is 11.8 Å². The highest BCUT2D eigenvalue weighted by atomic mass is 16.2. The fourth-order valence-corrected chi connectivity index (χ4v) is 3.39. The summed E-state index contributed by atoms with van der Waals surface area (Å²) in [5.41, 5.74) is 2.45. The van der Waals surface area contributed by atoms with Gasteiger partial charge in [-0.05, 0) is 49.3 Å². The topological polar surface area (TPSA) is 80.1 Å². The lowest BCUT2D eigenvalue weighted by molar-refractivity contribution is 0.0789. The fourth-order valence-electron chi connectivity index (χ4n) is 3.39. The molecule has 2 amide bonds. The number of nitrogens with zero attached hydrogens (tertiary/aromatic N) is 4. The summed E-state index contributed by atoms with van der Waals surface area (Å²) in [5.74, 6) is 0.402. The van der Waals surface area contributed by atoms with Gasteiger partial charge in [-0.3, -0.25) is 14.6 Å². The molecule has 7 nitrogen and oxygen atoms in total. The third-order valence-electron chi connectivity index (χ3n) is 5.03. The van der Waals surface area contributed by atoms with Crippen molar-refractivity contribution in [1.29, 1.82) is 0 Å². The summed E-state index contributed by atoms with van der Waals surface area (Å²) in [6.45, 7) is 6.02. The molecule has 0 aromatic carbocycles. The fraction of sp³-hybridized carbons (Fsp3) is 0.524. The number of hydrogen-bond acceptors (Lipinski definition) is 4. The lowest BCUT2D eigenvalue weighted by Crippen LogP contribution is -2.30. The average Bonchev–Trinajstić information content (AvgIpc) is 3.10. The van der Waals surface area contributed by atoms with E-state index in [-0.39, 0.29) is 11.8 Å². The zero-order chi connectivity index (χ0) is 20.1. The predicted octanol–water partition coefficient (Wildman–Crippen LogP) is 2.31. The van der Waals surface area contributed by atoms with E-state index in [1.54, 1.807) is 24.3 Å². The van der Waals surface area contributed by atoms with Crippen molar-refractivity contribution in [2.24, 2.45) is 5.92 Å². The minimum atomic E-state index is -0.199. The summed E-state index contributed by atoms with van der Waals surface area (Å²) >= 11 is 0. The van der Waals surface area contributed by atoms with Crippen molar-refractivity contribution in [3.8, 4) is 0 Å².